The van der Waals surface area contributed by atoms with Gasteiger partial charge in [-0.3, -0.25) is 4.79 Å². The Morgan fingerprint density at radius 3 is 2.43 bits per heavy atom. The van der Waals surface area contributed by atoms with E-state index in [-0.39, 0.29) is 24.4 Å². The number of nitrogens with one attached hydrogen (secondary N) is 1. The van der Waals surface area contributed by atoms with Crippen molar-refractivity contribution in [3.05, 3.63) is 28.2 Å². The van der Waals surface area contributed by atoms with Gasteiger partial charge in [0.25, 0.3) is 0 Å². The molecule has 130 valence electrons. The number of hydrogen-bond acceptors (Lipinski definition) is 3. The Kier molecular flexibility index (Phi) is 8.65. The zero-order valence-electron chi connectivity index (χ0n) is 13.2. The van der Waals surface area contributed by atoms with Gasteiger partial charge in [-0.25, -0.2) is 0 Å². The highest BCUT2D eigenvalue weighted by molar-refractivity contribution is 6.39. The summed E-state index contributed by atoms with van der Waals surface area (Å²) in [7, 11) is 0. The largest absolute Gasteiger partial charge is 0.328 e. The molecule has 0 spiro atoms. The van der Waals surface area contributed by atoms with Crippen molar-refractivity contribution in [2.24, 2.45) is 11.7 Å². The summed E-state index contributed by atoms with van der Waals surface area (Å²) in [5.74, 6) is 0.538. The van der Waals surface area contributed by atoms with Crippen LogP contribution in [0.25, 0.3) is 0 Å². The predicted octanol–water partition coefficient (Wildman–Crippen LogP) is 3.80. The first-order valence-corrected chi connectivity index (χ1v) is 8.44. The Labute approximate surface area is 154 Å². The number of benzene rings is 1. The fourth-order valence-electron chi connectivity index (χ4n) is 2.78. The van der Waals surface area contributed by atoms with Crippen LogP contribution in [-0.2, 0) is 4.79 Å². The van der Waals surface area contributed by atoms with Crippen LogP contribution in [0.4, 0.5) is 5.69 Å². The van der Waals surface area contributed by atoms with Gasteiger partial charge in [0.05, 0.1) is 15.7 Å². The van der Waals surface area contributed by atoms with Gasteiger partial charge >= 0.3 is 0 Å². The van der Waals surface area contributed by atoms with Gasteiger partial charge in [-0.1, -0.05) is 29.3 Å². The minimum atomic E-state index is -0.0654. The highest BCUT2D eigenvalue weighted by atomic mass is 35.5. The maximum Gasteiger partial charge on any atom is 0.225 e. The molecule has 0 aromatic heterocycles. The summed E-state index contributed by atoms with van der Waals surface area (Å²) in [5, 5.41) is 3.71. The molecule has 2 rings (SSSR count). The quantitative estimate of drug-likeness (QED) is 0.816. The van der Waals surface area contributed by atoms with Crippen molar-refractivity contribution in [2.75, 3.05) is 25.0 Å². The molecule has 1 aromatic carbocycles. The van der Waals surface area contributed by atoms with E-state index >= 15 is 0 Å². The molecule has 23 heavy (non-hydrogen) atoms. The average Bonchev–Trinajstić information content (AvgIpc) is 2.49. The van der Waals surface area contributed by atoms with Gasteiger partial charge in [0.1, 0.15) is 0 Å². The molecule has 1 atom stereocenters. The SMILES string of the molecule is CC(N)C1CCN(CCC(=O)Nc2c(Cl)cccc2Cl)CC1.Cl. The number of likely N-dealkylation sites (tertiary alicyclic amines) is 1. The summed E-state index contributed by atoms with van der Waals surface area (Å²) in [6.45, 7) is 4.83. The standard InChI is InChI=1S/C16H23Cl2N3O.ClH/c1-11(19)12-5-8-21(9-6-12)10-7-15(22)20-16-13(17)3-2-4-14(16)18;/h2-4,11-12H,5-10,19H2,1H3,(H,20,22);1H. The molecule has 1 aliphatic rings. The van der Waals surface area contributed by atoms with E-state index in [0.29, 0.717) is 28.1 Å². The molecule has 0 bridgehead atoms. The number of rotatable bonds is 5. The second kappa shape index (κ2) is 9.70. The molecule has 0 radical (unpaired) electrons. The smallest absolute Gasteiger partial charge is 0.225 e. The van der Waals surface area contributed by atoms with Crippen molar-refractivity contribution >= 4 is 47.2 Å². The number of nitrogens with zero attached hydrogens (tertiary/aromatic N) is 1. The zero-order valence-corrected chi connectivity index (χ0v) is 15.6. The predicted molar refractivity (Wildman–Crippen MR) is 99.8 cm³/mol. The molecule has 3 N–H and O–H groups in total. The van der Waals surface area contributed by atoms with Crippen LogP contribution in [0.2, 0.25) is 10.0 Å². The van der Waals surface area contributed by atoms with E-state index in [9.17, 15) is 4.79 Å². The van der Waals surface area contributed by atoms with E-state index in [1.807, 2.05) is 0 Å². The van der Waals surface area contributed by atoms with Crippen LogP contribution in [0.15, 0.2) is 18.2 Å². The van der Waals surface area contributed by atoms with Crippen LogP contribution in [-0.4, -0.2) is 36.5 Å². The van der Waals surface area contributed by atoms with Crippen molar-refractivity contribution in [1.29, 1.82) is 0 Å². The number of carbonyl (C=O) groups excluding carboxylic acids is 1. The number of hydrogen-bond donors (Lipinski definition) is 2. The summed E-state index contributed by atoms with van der Waals surface area (Å²) in [6, 6.07) is 5.43. The number of carbonyl (C=O) groups is 1. The first-order chi connectivity index (χ1) is 10.5. The lowest BCUT2D eigenvalue weighted by atomic mass is 9.91. The molecule has 7 heteroatoms. The second-order valence-electron chi connectivity index (χ2n) is 5.93. The molecule has 0 aliphatic carbocycles. The van der Waals surface area contributed by atoms with Crippen molar-refractivity contribution in [3.63, 3.8) is 0 Å². The third-order valence-corrected chi connectivity index (χ3v) is 4.89. The second-order valence-corrected chi connectivity index (χ2v) is 6.75. The van der Waals surface area contributed by atoms with Gasteiger partial charge in [-0.05, 0) is 50.9 Å². The third kappa shape index (κ3) is 6.12. The summed E-state index contributed by atoms with van der Waals surface area (Å²) in [4.78, 5) is 14.4. The van der Waals surface area contributed by atoms with Crippen LogP contribution >= 0.6 is 35.6 Å². The highest BCUT2D eigenvalue weighted by Crippen LogP contribution is 2.29. The fraction of sp³-hybridized carbons (Fsp3) is 0.562. The average molecular weight is 381 g/mol. The molecule has 1 fully saturated rings. The Balaban J connectivity index is 0.00000264. The molecule has 1 heterocycles. The molecule has 1 saturated heterocycles. The van der Waals surface area contributed by atoms with Crippen molar-refractivity contribution in [1.82, 2.24) is 4.90 Å². The number of amides is 1. The number of anilines is 1. The lowest BCUT2D eigenvalue weighted by Crippen LogP contribution is -2.40. The Hall–Kier alpha value is -0.520. The summed E-state index contributed by atoms with van der Waals surface area (Å²) in [5.41, 5.74) is 6.43. The fourth-order valence-corrected chi connectivity index (χ4v) is 3.27. The molecule has 1 aromatic rings. The minimum Gasteiger partial charge on any atom is -0.328 e. The van der Waals surface area contributed by atoms with Gasteiger partial charge in [0.2, 0.25) is 5.91 Å². The van der Waals surface area contributed by atoms with E-state index < -0.39 is 0 Å². The van der Waals surface area contributed by atoms with Crippen molar-refractivity contribution in [2.45, 2.75) is 32.2 Å². The van der Waals surface area contributed by atoms with Gasteiger partial charge in [0, 0.05) is 19.0 Å². The molecule has 1 aliphatic heterocycles. The molecule has 4 nitrogen and oxygen atoms in total. The lowest BCUT2D eigenvalue weighted by Gasteiger charge is -2.33. The van der Waals surface area contributed by atoms with E-state index in [1.54, 1.807) is 18.2 Å². The Morgan fingerprint density at radius 2 is 1.91 bits per heavy atom. The molecular weight excluding hydrogens is 357 g/mol. The Bertz CT molecular complexity index is 497. The minimum absolute atomic E-state index is 0. The van der Waals surface area contributed by atoms with E-state index in [4.69, 9.17) is 28.9 Å². The maximum absolute atomic E-state index is 12.1. The monoisotopic (exact) mass is 379 g/mol. The number of piperidine rings is 1. The van der Waals surface area contributed by atoms with E-state index in [2.05, 4.69) is 17.1 Å². The van der Waals surface area contributed by atoms with Crippen LogP contribution in [0.5, 0.6) is 0 Å². The Morgan fingerprint density at radius 1 is 1.35 bits per heavy atom. The molecule has 1 unspecified atom stereocenters. The normalized spacial score (nSPS) is 17.4. The van der Waals surface area contributed by atoms with Crippen LogP contribution < -0.4 is 11.1 Å². The molecular formula is C16H24Cl3N3O. The number of nitrogens with two attached hydrogens (primary N) is 1. The number of para-hydroxylation sites is 1. The van der Waals surface area contributed by atoms with Gasteiger partial charge in [-0.2, -0.15) is 0 Å². The van der Waals surface area contributed by atoms with Crippen molar-refractivity contribution in [3.8, 4) is 0 Å². The first-order valence-electron chi connectivity index (χ1n) is 7.69. The van der Waals surface area contributed by atoms with Crippen LogP contribution in [0, 0.1) is 5.92 Å². The first kappa shape index (κ1) is 20.5. The summed E-state index contributed by atoms with van der Waals surface area (Å²) >= 11 is 12.1. The topological polar surface area (TPSA) is 58.4 Å². The van der Waals surface area contributed by atoms with Gasteiger partial charge in [-0.15, -0.1) is 12.4 Å². The number of halogens is 3. The lowest BCUT2D eigenvalue weighted by molar-refractivity contribution is -0.116. The summed E-state index contributed by atoms with van der Waals surface area (Å²) in [6.07, 6.45) is 2.65. The van der Waals surface area contributed by atoms with E-state index in [0.717, 1.165) is 32.5 Å². The zero-order chi connectivity index (χ0) is 16.1. The highest BCUT2D eigenvalue weighted by Gasteiger charge is 2.22. The van der Waals surface area contributed by atoms with Crippen LogP contribution in [0.1, 0.15) is 26.2 Å². The summed E-state index contributed by atoms with van der Waals surface area (Å²) < 4.78 is 0. The third-order valence-electron chi connectivity index (χ3n) is 4.26. The van der Waals surface area contributed by atoms with E-state index in [1.165, 1.54) is 0 Å². The maximum atomic E-state index is 12.1. The molecule has 0 saturated carbocycles. The van der Waals surface area contributed by atoms with Gasteiger partial charge in [0.15, 0.2) is 0 Å². The van der Waals surface area contributed by atoms with Crippen LogP contribution in [0.3, 0.4) is 0 Å². The molecule has 1 amide bonds. The van der Waals surface area contributed by atoms with Crippen molar-refractivity contribution < 1.29 is 4.79 Å². The van der Waals surface area contributed by atoms with Gasteiger partial charge < -0.3 is 16.0 Å².